The number of anilines is 1. The fourth-order valence-electron chi connectivity index (χ4n) is 3.89. The Labute approximate surface area is 181 Å². The van der Waals surface area contributed by atoms with Gasteiger partial charge in [-0.3, -0.25) is 14.8 Å². The lowest BCUT2D eigenvalue weighted by Crippen LogP contribution is -2.51. The summed E-state index contributed by atoms with van der Waals surface area (Å²) in [6, 6.07) is 7.28. The zero-order valence-corrected chi connectivity index (χ0v) is 17.1. The summed E-state index contributed by atoms with van der Waals surface area (Å²) in [6.07, 6.45) is -1.86. The molecule has 4 rings (SSSR count). The van der Waals surface area contributed by atoms with Crippen molar-refractivity contribution in [2.24, 2.45) is 0 Å². The molecule has 1 aliphatic heterocycles. The highest BCUT2D eigenvalue weighted by Crippen LogP contribution is 2.30. The summed E-state index contributed by atoms with van der Waals surface area (Å²) in [5.41, 5.74) is 1.12. The number of nitrogens with zero attached hydrogens (tertiary/aromatic N) is 5. The van der Waals surface area contributed by atoms with E-state index >= 15 is 0 Å². The van der Waals surface area contributed by atoms with Crippen LogP contribution in [0.4, 0.5) is 19.0 Å². The number of pyridine rings is 2. The Kier molecular flexibility index (Phi) is 5.71. The van der Waals surface area contributed by atoms with Gasteiger partial charge in [0.2, 0.25) is 5.56 Å². The number of aromatic amines is 2. The third-order valence-electron chi connectivity index (χ3n) is 5.44. The van der Waals surface area contributed by atoms with E-state index in [1.807, 2.05) is 17.9 Å². The lowest BCUT2D eigenvalue weighted by molar-refractivity contribution is -0.137. The normalized spacial score (nSPS) is 17.3. The molecule has 0 saturated carbocycles. The molecule has 4 heterocycles. The van der Waals surface area contributed by atoms with Crippen molar-refractivity contribution >= 4 is 5.82 Å². The third-order valence-corrected chi connectivity index (χ3v) is 5.44. The summed E-state index contributed by atoms with van der Waals surface area (Å²) >= 11 is 0. The van der Waals surface area contributed by atoms with Gasteiger partial charge in [0.05, 0.1) is 34.8 Å². The van der Waals surface area contributed by atoms with Gasteiger partial charge in [0.1, 0.15) is 5.82 Å². The van der Waals surface area contributed by atoms with E-state index in [-0.39, 0.29) is 17.2 Å². The van der Waals surface area contributed by atoms with E-state index in [9.17, 15) is 18.0 Å². The molecule has 0 amide bonds. The maximum Gasteiger partial charge on any atom is 0.417 e. The number of hydrogen-bond donors (Lipinski definition) is 2. The van der Waals surface area contributed by atoms with Crippen molar-refractivity contribution in [3.05, 3.63) is 63.7 Å². The van der Waals surface area contributed by atoms with Crippen molar-refractivity contribution in [3.63, 3.8) is 0 Å². The first-order valence-corrected chi connectivity index (χ1v) is 9.94. The van der Waals surface area contributed by atoms with Crippen molar-refractivity contribution < 1.29 is 13.2 Å². The summed E-state index contributed by atoms with van der Waals surface area (Å²) in [5, 5.41) is 16.1. The van der Waals surface area contributed by atoms with Gasteiger partial charge in [-0.15, -0.1) is 0 Å². The standard InChI is InChI=1S/C21H20F3N7O/c1-13-11-30(4-5-31(13)18-3-2-16(10-26-18)21(22,23)24)12-15-9-27-29-20(15)17-6-14(8-25)7-19(32)28-17/h2-3,6-7,9-10,13H,4-5,11-12H2,1H3,(H,27,29)(H,28,32). The number of aromatic nitrogens is 4. The van der Waals surface area contributed by atoms with Crippen LogP contribution in [0.1, 0.15) is 23.6 Å². The first-order valence-electron chi connectivity index (χ1n) is 9.94. The van der Waals surface area contributed by atoms with Crippen LogP contribution in [-0.4, -0.2) is 50.7 Å². The smallest absolute Gasteiger partial charge is 0.351 e. The van der Waals surface area contributed by atoms with Crippen LogP contribution in [0.15, 0.2) is 41.5 Å². The largest absolute Gasteiger partial charge is 0.417 e. The lowest BCUT2D eigenvalue weighted by atomic mass is 10.1. The molecule has 166 valence electrons. The first kappa shape index (κ1) is 21.6. The third kappa shape index (κ3) is 4.50. The predicted molar refractivity (Wildman–Crippen MR) is 111 cm³/mol. The minimum atomic E-state index is -4.41. The topological polar surface area (TPSA) is 105 Å². The number of piperazine rings is 1. The first-order chi connectivity index (χ1) is 15.2. The average Bonchev–Trinajstić information content (AvgIpc) is 3.21. The average molecular weight is 443 g/mol. The van der Waals surface area contributed by atoms with E-state index in [1.54, 1.807) is 12.3 Å². The Hall–Kier alpha value is -3.65. The molecule has 3 aromatic heterocycles. The van der Waals surface area contributed by atoms with Gasteiger partial charge in [0, 0.05) is 50.0 Å². The Balaban J connectivity index is 1.46. The number of rotatable bonds is 4. The van der Waals surface area contributed by atoms with E-state index in [1.165, 1.54) is 12.1 Å². The van der Waals surface area contributed by atoms with Crippen LogP contribution < -0.4 is 10.5 Å². The van der Waals surface area contributed by atoms with Gasteiger partial charge in [-0.25, -0.2) is 4.98 Å². The van der Waals surface area contributed by atoms with E-state index < -0.39 is 11.7 Å². The molecule has 0 bridgehead atoms. The zero-order chi connectivity index (χ0) is 22.9. The van der Waals surface area contributed by atoms with Crippen LogP contribution in [0.3, 0.4) is 0 Å². The molecule has 3 aromatic rings. The lowest BCUT2D eigenvalue weighted by Gasteiger charge is -2.40. The van der Waals surface area contributed by atoms with Crippen LogP contribution in [-0.2, 0) is 12.7 Å². The van der Waals surface area contributed by atoms with Crippen molar-refractivity contribution in [1.82, 2.24) is 25.1 Å². The molecule has 0 radical (unpaired) electrons. The van der Waals surface area contributed by atoms with E-state index in [0.717, 1.165) is 17.8 Å². The highest BCUT2D eigenvalue weighted by atomic mass is 19.4. The Bertz CT molecular complexity index is 1190. The Morgan fingerprint density at radius 3 is 2.72 bits per heavy atom. The van der Waals surface area contributed by atoms with Gasteiger partial charge in [-0.1, -0.05) is 0 Å². The molecule has 1 atom stereocenters. The number of alkyl halides is 3. The molecule has 0 aliphatic carbocycles. The number of H-pyrrole nitrogens is 2. The minimum Gasteiger partial charge on any atom is -0.351 e. The van der Waals surface area contributed by atoms with E-state index in [0.29, 0.717) is 43.4 Å². The molecule has 0 spiro atoms. The quantitative estimate of drug-likeness (QED) is 0.643. The maximum absolute atomic E-state index is 12.8. The number of nitriles is 1. The molecule has 32 heavy (non-hydrogen) atoms. The number of halogens is 3. The molecule has 2 N–H and O–H groups in total. The molecule has 1 saturated heterocycles. The molecule has 1 aliphatic rings. The molecule has 0 aromatic carbocycles. The SMILES string of the molecule is CC1CN(Cc2cn[nH]c2-c2cc(C#N)cc(=O)[nH]2)CCN1c1ccc(C(F)(F)F)cn1. The van der Waals surface area contributed by atoms with Gasteiger partial charge in [-0.05, 0) is 25.1 Å². The maximum atomic E-state index is 12.8. The fourth-order valence-corrected chi connectivity index (χ4v) is 3.89. The summed E-state index contributed by atoms with van der Waals surface area (Å²) < 4.78 is 38.4. The summed E-state index contributed by atoms with van der Waals surface area (Å²) in [6.45, 7) is 4.50. The Morgan fingerprint density at radius 2 is 2.06 bits per heavy atom. The summed E-state index contributed by atoms with van der Waals surface area (Å²) in [4.78, 5) is 22.8. The zero-order valence-electron chi connectivity index (χ0n) is 17.1. The highest BCUT2D eigenvalue weighted by Gasteiger charge is 2.32. The van der Waals surface area contributed by atoms with Crippen molar-refractivity contribution in [3.8, 4) is 17.5 Å². The predicted octanol–water partition coefficient (Wildman–Crippen LogP) is 2.76. The summed E-state index contributed by atoms with van der Waals surface area (Å²) in [5.74, 6) is 0.514. The van der Waals surface area contributed by atoms with Gasteiger partial charge < -0.3 is 9.88 Å². The van der Waals surface area contributed by atoms with Crippen LogP contribution in [0.2, 0.25) is 0 Å². The van der Waals surface area contributed by atoms with Crippen molar-refractivity contribution in [1.29, 1.82) is 5.26 Å². The van der Waals surface area contributed by atoms with Crippen molar-refractivity contribution in [2.75, 3.05) is 24.5 Å². The second-order valence-electron chi connectivity index (χ2n) is 7.71. The van der Waals surface area contributed by atoms with Crippen LogP contribution in [0.5, 0.6) is 0 Å². The molecule has 11 heteroatoms. The summed E-state index contributed by atoms with van der Waals surface area (Å²) in [7, 11) is 0. The second-order valence-corrected chi connectivity index (χ2v) is 7.71. The van der Waals surface area contributed by atoms with Crippen molar-refractivity contribution in [2.45, 2.75) is 25.7 Å². The monoisotopic (exact) mass is 443 g/mol. The van der Waals surface area contributed by atoms with Crippen LogP contribution >= 0.6 is 0 Å². The molecule has 1 fully saturated rings. The minimum absolute atomic E-state index is 0.0325. The molecule has 1 unspecified atom stereocenters. The second kappa shape index (κ2) is 8.47. The highest BCUT2D eigenvalue weighted by molar-refractivity contribution is 5.60. The Morgan fingerprint density at radius 1 is 1.25 bits per heavy atom. The van der Waals surface area contributed by atoms with Gasteiger partial charge >= 0.3 is 6.18 Å². The van der Waals surface area contributed by atoms with Gasteiger partial charge in [-0.2, -0.15) is 23.5 Å². The van der Waals surface area contributed by atoms with E-state index in [4.69, 9.17) is 5.26 Å². The number of nitrogens with one attached hydrogen (secondary N) is 2. The van der Waals surface area contributed by atoms with Gasteiger partial charge in [0.15, 0.2) is 0 Å². The van der Waals surface area contributed by atoms with Crippen LogP contribution in [0.25, 0.3) is 11.4 Å². The fraction of sp³-hybridized carbons (Fsp3) is 0.333. The molecular formula is C21H20F3N7O. The van der Waals surface area contributed by atoms with Crippen LogP contribution in [0, 0.1) is 11.3 Å². The molecular weight excluding hydrogens is 423 g/mol. The van der Waals surface area contributed by atoms with Gasteiger partial charge in [0.25, 0.3) is 0 Å². The van der Waals surface area contributed by atoms with E-state index in [2.05, 4.69) is 25.1 Å². The number of hydrogen-bond acceptors (Lipinski definition) is 6. The molecule has 8 nitrogen and oxygen atoms in total.